The Morgan fingerprint density at radius 1 is 1.25 bits per heavy atom. The van der Waals surface area contributed by atoms with Gasteiger partial charge in [0.25, 0.3) is 0 Å². The second-order valence-electron chi connectivity index (χ2n) is 3.60. The Kier molecular flexibility index (Phi) is 2.55. The van der Waals surface area contributed by atoms with Crippen LogP contribution in [-0.4, -0.2) is 19.8 Å². The van der Waals surface area contributed by atoms with Crippen LogP contribution in [0.4, 0.5) is 0 Å². The molecular weight excluding hydrogens is 226 g/mol. The molecule has 4 nitrogen and oxygen atoms in total. The highest BCUT2D eigenvalue weighted by atomic mass is 32.2. The Labute approximate surface area is 93.8 Å². The van der Waals surface area contributed by atoms with Gasteiger partial charge >= 0.3 is 0 Å². The molecule has 5 heteroatoms. The van der Waals surface area contributed by atoms with Crippen LogP contribution in [0.3, 0.4) is 0 Å². The quantitative estimate of drug-likeness (QED) is 0.802. The van der Waals surface area contributed by atoms with Crippen molar-refractivity contribution in [2.45, 2.75) is 11.8 Å². The molecule has 0 amide bonds. The van der Waals surface area contributed by atoms with E-state index >= 15 is 0 Å². The normalized spacial score (nSPS) is 11.6. The molecule has 0 aliphatic rings. The van der Waals surface area contributed by atoms with Gasteiger partial charge in [-0.05, 0) is 18.6 Å². The van der Waals surface area contributed by atoms with Crippen LogP contribution in [0.15, 0.2) is 39.9 Å². The van der Waals surface area contributed by atoms with Crippen molar-refractivity contribution < 1.29 is 12.9 Å². The summed E-state index contributed by atoms with van der Waals surface area (Å²) in [6.45, 7) is 1.85. The maximum absolute atomic E-state index is 11.6. The summed E-state index contributed by atoms with van der Waals surface area (Å²) >= 11 is 0. The Morgan fingerprint density at radius 2 is 2.00 bits per heavy atom. The van der Waals surface area contributed by atoms with Crippen molar-refractivity contribution in [3.63, 3.8) is 0 Å². The van der Waals surface area contributed by atoms with E-state index in [1.807, 2.05) is 13.0 Å². The van der Waals surface area contributed by atoms with Gasteiger partial charge in [-0.2, -0.15) is 0 Å². The zero-order valence-electron chi connectivity index (χ0n) is 8.97. The molecule has 1 aromatic heterocycles. The molecule has 0 unspecified atom stereocenters. The minimum absolute atomic E-state index is 0.279. The minimum Gasteiger partial charge on any atom is -0.364 e. The van der Waals surface area contributed by atoms with Crippen LogP contribution < -0.4 is 0 Å². The average molecular weight is 237 g/mol. The van der Waals surface area contributed by atoms with Crippen molar-refractivity contribution in [2.75, 3.05) is 6.26 Å². The van der Waals surface area contributed by atoms with Crippen molar-refractivity contribution in [2.24, 2.45) is 0 Å². The van der Waals surface area contributed by atoms with E-state index in [2.05, 4.69) is 5.16 Å². The molecule has 0 aliphatic carbocycles. The van der Waals surface area contributed by atoms with E-state index in [0.717, 1.165) is 5.56 Å². The first-order valence-electron chi connectivity index (χ1n) is 4.70. The van der Waals surface area contributed by atoms with Crippen molar-refractivity contribution in [3.05, 3.63) is 36.1 Å². The van der Waals surface area contributed by atoms with Crippen LogP contribution in [0, 0.1) is 6.92 Å². The monoisotopic (exact) mass is 237 g/mol. The van der Waals surface area contributed by atoms with Gasteiger partial charge in [0.05, 0.1) is 4.90 Å². The van der Waals surface area contributed by atoms with E-state index in [4.69, 9.17) is 4.52 Å². The third-order valence-electron chi connectivity index (χ3n) is 2.33. The van der Waals surface area contributed by atoms with Gasteiger partial charge in [0.1, 0.15) is 12.0 Å². The van der Waals surface area contributed by atoms with Crippen LogP contribution >= 0.6 is 0 Å². The Bertz CT molecular complexity index is 600. The number of rotatable bonds is 2. The van der Waals surface area contributed by atoms with Gasteiger partial charge in [-0.25, -0.2) is 8.42 Å². The molecule has 0 saturated heterocycles. The molecule has 2 aromatic rings. The number of hydrogen-bond acceptors (Lipinski definition) is 4. The zero-order valence-corrected chi connectivity index (χ0v) is 9.78. The van der Waals surface area contributed by atoms with Crippen molar-refractivity contribution in [1.29, 1.82) is 0 Å². The van der Waals surface area contributed by atoms with Gasteiger partial charge in [0, 0.05) is 17.9 Å². The van der Waals surface area contributed by atoms with E-state index in [9.17, 15) is 8.42 Å². The second kappa shape index (κ2) is 3.75. The molecule has 16 heavy (non-hydrogen) atoms. The van der Waals surface area contributed by atoms with Gasteiger partial charge in [0.2, 0.25) is 0 Å². The SMILES string of the molecule is Cc1cccc(S(C)(=O)=O)c1-c1ccon1. The summed E-state index contributed by atoms with van der Waals surface area (Å²) in [6.07, 6.45) is 2.61. The lowest BCUT2D eigenvalue weighted by Crippen LogP contribution is -2.01. The third kappa shape index (κ3) is 1.86. The largest absolute Gasteiger partial charge is 0.364 e. The standard InChI is InChI=1S/C11H11NO3S/c1-8-4-3-5-10(16(2,13)14)11(8)9-6-7-15-12-9/h3-7H,1-2H3. The number of benzene rings is 1. The average Bonchev–Trinajstić information content (AvgIpc) is 2.68. The van der Waals surface area contributed by atoms with Gasteiger partial charge in [-0.1, -0.05) is 17.3 Å². The summed E-state index contributed by atoms with van der Waals surface area (Å²) < 4.78 is 28.0. The van der Waals surface area contributed by atoms with E-state index < -0.39 is 9.84 Å². The highest BCUT2D eigenvalue weighted by Gasteiger charge is 2.17. The molecule has 1 heterocycles. The van der Waals surface area contributed by atoms with Crippen molar-refractivity contribution in [3.8, 4) is 11.3 Å². The predicted molar refractivity (Wildman–Crippen MR) is 59.8 cm³/mol. The van der Waals surface area contributed by atoms with E-state index in [1.165, 1.54) is 12.5 Å². The van der Waals surface area contributed by atoms with Gasteiger partial charge < -0.3 is 4.52 Å². The fourth-order valence-electron chi connectivity index (χ4n) is 1.62. The lowest BCUT2D eigenvalue weighted by atomic mass is 10.1. The number of aromatic nitrogens is 1. The molecule has 0 bridgehead atoms. The molecule has 84 valence electrons. The summed E-state index contributed by atoms with van der Waals surface area (Å²) in [6, 6.07) is 6.79. The molecule has 0 aliphatic heterocycles. The molecular formula is C11H11NO3S. The number of nitrogens with zero attached hydrogens (tertiary/aromatic N) is 1. The van der Waals surface area contributed by atoms with E-state index in [-0.39, 0.29) is 4.90 Å². The van der Waals surface area contributed by atoms with Gasteiger partial charge in [-0.3, -0.25) is 0 Å². The van der Waals surface area contributed by atoms with Gasteiger partial charge in [0.15, 0.2) is 9.84 Å². The molecule has 0 radical (unpaired) electrons. The highest BCUT2D eigenvalue weighted by molar-refractivity contribution is 7.90. The summed E-state index contributed by atoms with van der Waals surface area (Å²) in [5, 5.41) is 3.78. The Balaban J connectivity index is 2.78. The fraction of sp³-hybridized carbons (Fsp3) is 0.182. The maximum Gasteiger partial charge on any atom is 0.176 e. The minimum atomic E-state index is -3.26. The summed E-state index contributed by atoms with van der Waals surface area (Å²) in [4.78, 5) is 0.279. The van der Waals surface area contributed by atoms with E-state index in [1.54, 1.807) is 18.2 Å². The van der Waals surface area contributed by atoms with Crippen molar-refractivity contribution in [1.82, 2.24) is 5.16 Å². The number of aryl methyl sites for hydroxylation is 1. The topological polar surface area (TPSA) is 60.2 Å². The Hall–Kier alpha value is -1.62. The lowest BCUT2D eigenvalue weighted by molar-refractivity contribution is 0.422. The molecule has 0 saturated carbocycles. The highest BCUT2D eigenvalue weighted by Crippen LogP contribution is 2.29. The number of sulfone groups is 1. The van der Waals surface area contributed by atoms with Crippen molar-refractivity contribution >= 4 is 9.84 Å². The van der Waals surface area contributed by atoms with Crippen LogP contribution in [0.25, 0.3) is 11.3 Å². The maximum atomic E-state index is 11.6. The first-order valence-corrected chi connectivity index (χ1v) is 6.60. The molecule has 0 atom stereocenters. The molecule has 1 aromatic carbocycles. The molecule has 0 spiro atoms. The molecule has 0 N–H and O–H groups in total. The van der Waals surface area contributed by atoms with Crippen LogP contribution in [0.2, 0.25) is 0 Å². The summed E-state index contributed by atoms with van der Waals surface area (Å²) in [5.74, 6) is 0. The molecule has 0 fully saturated rings. The zero-order chi connectivity index (χ0) is 11.8. The number of hydrogen-bond donors (Lipinski definition) is 0. The summed E-state index contributed by atoms with van der Waals surface area (Å²) in [5.41, 5.74) is 2.01. The van der Waals surface area contributed by atoms with Gasteiger partial charge in [-0.15, -0.1) is 0 Å². The Morgan fingerprint density at radius 3 is 2.56 bits per heavy atom. The smallest absolute Gasteiger partial charge is 0.176 e. The first kappa shape index (κ1) is 10.9. The van der Waals surface area contributed by atoms with Crippen LogP contribution in [0.1, 0.15) is 5.56 Å². The lowest BCUT2D eigenvalue weighted by Gasteiger charge is -2.07. The second-order valence-corrected chi connectivity index (χ2v) is 5.59. The first-order chi connectivity index (χ1) is 7.50. The van der Waals surface area contributed by atoms with E-state index in [0.29, 0.717) is 11.3 Å². The molecule has 2 rings (SSSR count). The van der Waals surface area contributed by atoms with Crippen LogP contribution in [0.5, 0.6) is 0 Å². The van der Waals surface area contributed by atoms with Crippen LogP contribution in [-0.2, 0) is 9.84 Å². The summed E-state index contributed by atoms with van der Waals surface area (Å²) in [7, 11) is -3.26. The third-order valence-corrected chi connectivity index (χ3v) is 3.47. The fourth-order valence-corrected chi connectivity index (χ4v) is 2.58. The predicted octanol–water partition coefficient (Wildman–Crippen LogP) is 2.05.